The van der Waals surface area contributed by atoms with E-state index in [9.17, 15) is 8.42 Å². The molecule has 0 N–H and O–H groups in total. The van der Waals surface area contributed by atoms with Crippen molar-refractivity contribution >= 4 is 19.7 Å². The third kappa shape index (κ3) is 5.01. The first kappa shape index (κ1) is 14.6. The number of benzene rings is 1. The molecule has 1 aliphatic rings. The van der Waals surface area contributed by atoms with Crippen LogP contribution < -0.4 is 4.74 Å². The summed E-state index contributed by atoms with van der Waals surface area (Å²) >= 11 is 0. The Morgan fingerprint density at radius 2 is 2.26 bits per heavy atom. The SMILES string of the molecule is CN1CCCC(Oc2cccc(CS(=O)(=O)Cl)c2)C1. The van der Waals surface area contributed by atoms with Gasteiger partial charge in [-0.05, 0) is 44.1 Å². The first-order chi connectivity index (χ1) is 8.92. The predicted molar refractivity (Wildman–Crippen MR) is 76.1 cm³/mol. The van der Waals surface area contributed by atoms with Crippen LogP contribution in [0.1, 0.15) is 18.4 Å². The van der Waals surface area contributed by atoms with Crippen molar-refractivity contribution in [1.29, 1.82) is 0 Å². The van der Waals surface area contributed by atoms with Crippen LogP contribution in [0.3, 0.4) is 0 Å². The van der Waals surface area contributed by atoms with Crippen molar-refractivity contribution in [1.82, 2.24) is 4.90 Å². The molecule has 106 valence electrons. The van der Waals surface area contributed by atoms with Gasteiger partial charge in [-0.15, -0.1) is 0 Å². The third-order valence-corrected chi connectivity index (χ3v) is 4.13. The molecular weight excluding hydrogens is 286 g/mol. The number of hydrogen-bond acceptors (Lipinski definition) is 4. The van der Waals surface area contributed by atoms with Crippen LogP contribution in [0.4, 0.5) is 0 Å². The molecule has 0 bridgehead atoms. The summed E-state index contributed by atoms with van der Waals surface area (Å²) in [6.45, 7) is 2.00. The highest BCUT2D eigenvalue weighted by molar-refractivity contribution is 8.13. The molecule has 1 aromatic carbocycles. The van der Waals surface area contributed by atoms with Gasteiger partial charge >= 0.3 is 0 Å². The highest BCUT2D eigenvalue weighted by atomic mass is 35.7. The Balaban J connectivity index is 2.02. The van der Waals surface area contributed by atoms with E-state index in [0.29, 0.717) is 11.3 Å². The van der Waals surface area contributed by atoms with Crippen LogP contribution in [0.5, 0.6) is 5.75 Å². The van der Waals surface area contributed by atoms with Crippen LogP contribution in [0.2, 0.25) is 0 Å². The minimum absolute atomic E-state index is 0.168. The second kappa shape index (κ2) is 6.11. The van der Waals surface area contributed by atoms with Crippen LogP contribution in [-0.4, -0.2) is 39.6 Å². The second-order valence-electron chi connectivity index (χ2n) is 4.97. The molecule has 4 nitrogen and oxygen atoms in total. The summed E-state index contributed by atoms with van der Waals surface area (Å²) < 4.78 is 28.0. The number of halogens is 1. The number of nitrogens with zero attached hydrogens (tertiary/aromatic N) is 1. The van der Waals surface area contributed by atoms with E-state index in [4.69, 9.17) is 15.4 Å². The lowest BCUT2D eigenvalue weighted by molar-refractivity contribution is 0.104. The van der Waals surface area contributed by atoms with Crippen molar-refractivity contribution in [2.75, 3.05) is 20.1 Å². The predicted octanol–water partition coefficient (Wildman–Crippen LogP) is 2.23. The molecule has 0 spiro atoms. The molecule has 1 unspecified atom stereocenters. The van der Waals surface area contributed by atoms with Gasteiger partial charge in [-0.2, -0.15) is 0 Å². The minimum atomic E-state index is -3.53. The average molecular weight is 304 g/mol. The van der Waals surface area contributed by atoms with Crippen LogP contribution in [0.25, 0.3) is 0 Å². The smallest absolute Gasteiger partial charge is 0.236 e. The molecule has 0 amide bonds. The van der Waals surface area contributed by atoms with Gasteiger partial charge in [0, 0.05) is 17.2 Å². The molecule has 0 saturated carbocycles. The number of ether oxygens (including phenoxy) is 1. The van der Waals surface area contributed by atoms with Crippen molar-refractivity contribution in [3.63, 3.8) is 0 Å². The van der Waals surface area contributed by atoms with Crippen molar-refractivity contribution in [2.45, 2.75) is 24.7 Å². The summed E-state index contributed by atoms with van der Waals surface area (Å²) in [6, 6.07) is 7.12. The Labute approximate surface area is 118 Å². The van der Waals surface area contributed by atoms with Crippen LogP contribution in [0.15, 0.2) is 24.3 Å². The summed E-state index contributed by atoms with van der Waals surface area (Å²) in [5.74, 6) is 0.536. The monoisotopic (exact) mass is 303 g/mol. The van der Waals surface area contributed by atoms with Crippen LogP contribution >= 0.6 is 10.7 Å². The van der Waals surface area contributed by atoms with Gasteiger partial charge in [0.05, 0.1) is 5.75 Å². The van der Waals surface area contributed by atoms with E-state index in [1.54, 1.807) is 18.2 Å². The normalized spacial score (nSPS) is 21.3. The second-order valence-corrected chi connectivity index (χ2v) is 7.75. The van der Waals surface area contributed by atoms with Crippen molar-refractivity contribution < 1.29 is 13.2 Å². The molecule has 6 heteroatoms. The molecule has 0 radical (unpaired) electrons. The van der Waals surface area contributed by atoms with Gasteiger partial charge in [0.25, 0.3) is 0 Å². The molecular formula is C13H18ClNO3S. The topological polar surface area (TPSA) is 46.6 Å². The van der Waals surface area contributed by atoms with E-state index in [1.807, 2.05) is 6.07 Å². The van der Waals surface area contributed by atoms with E-state index in [1.165, 1.54) is 0 Å². The standard InChI is InChI=1S/C13H18ClNO3S/c1-15-7-3-6-13(9-15)18-12-5-2-4-11(8-12)10-19(14,16)17/h2,4-5,8,13H,3,6-7,9-10H2,1H3. The Morgan fingerprint density at radius 3 is 2.95 bits per heavy atom. The number of rotatable bonds is 4. The molecule has 19 heavy (non-hydrogen) atoms. The number of hydrogen-bond donors (Lipinski definition) is 0. The molecule has 0 aromatic heterocycles. The molecule has 1 atom stereocenters. The Bertz CT molecular complexity index is 532. The number of piperidine rings is 1. The molecule has 1 fully saturated rings. The summed E-state index contributed by atoms with van der Waals surface area (Å²) in [5.41, 5.74) is 0.650. The summed E-state index contributed by atoms with van der Waals surface area (Å²) in [7, 11) is 3.80. The molecule has 1 aliphatic heterocycles. The molecule has 2 rings (SSSR count). The zero-order chi connectivity index (χ0) is 13.9. The molecule has 1 aromatic rings. The third-order valence-electron chi connectivity index (χ3n) is 3.12. The van der Waals surface area contributed by atoms with Gasteiger partial charge in [-0.25, -0.2) is 8.42 Å². The summed E-state index contributed by atoms with van der Waals surface area (Å²) in [5, 5.41) is 0. The van der Waals surface area contributed by atoms with E-state index < -0.39 is 9.05 Å². The van der Waals surface area contributed by atoms with Gasteiger partial charge in [0.2, 0.25) is 9.05 Å². The quantitative estimate of drug-likeness (QED) is 0.800. The first-order valence-electron chi connectivity index (χ1n) is 6.29. The molecule has 1 saturated heterocycles. The fourth-order valence-corrected chi connectivity index (χ4v) is 3.27. The fraction of sp³-hybridized carbons (Fsp3) is 0.538. The summed E-state index contributed by atoms with van der Waals surface area (Å²) in [6.07, 6.45) is 2.32. The summed E-state index contributed by atoms with van der Waals surface area (Å²) in [4.78, 5) is 2.24. The lowest BCUT2D eigenvalue weighted by Crippen LogP contribution is -2.38. The Hall–Kier alpha value is -0.780. The van der Waals surface area contributed by atoms with Crippen molar-refractivity contribution in [2.24, 2.45) is 0 Å². The molecule has 1 heterocycles. The maximum Gasteiger partial charge on any atom is 0.236 e. The number of likely N-dealkylation sites (tertiary alicyclic amines) is 1. The first-order valence-corrected chi connectivity index (χ1v) is 8.77. The van der Waals surface area contributed by atoms with E-state index in [0.717, 1.165) is 25.9 Å². The lowest BCUT2D eigenvalue weighted by atomic mass is 10.1. The fourth-order valence-electron chi connectivity index (χ4n) is 2.32. The lowest BCUT2D eigenvalue weighted by Gasteiger charge is -2.30. The van der Waals surface area contributed by atoms with Crippen LogP contribution in [-0.2, 0) is 14.8 Å². The highest BCUT2D eigenvalue weighted by Gasteiger charge is 2.18. The van der Waals surface area contributed by atoms with E-state index in [-0.39, 0.29) is 11.9 Å². The van der Waals surface area contributed by atoms with E-state index in [2.05, 4.69) is 11.9 Å². The van der Waals surface area contributed by atoms with Gasteiger partial charge in [0.15, 0.2) is 0 Å². The zero-order valence-corrected chi connectivity index (χ0v) is 12.5. The largest absolute Gasteiger partial charge is 0.489 e. The van der Waals surface area contributed by atoms with Crippen molar-refractivity contribution in [3.05, 3.63) is 29.8 Å². The zero-order valence-electron chi connectivity index (χ0n) is 10.9. The minimum Gasteiger partial charge on any atom is -0.489 e. The Morgan fingerprint density at radius 1 is 1.47 bits per heavy atom. The maximum atomic E-state index is 11.1. The van der Waals surface area contributed by atoms with Crippen LogP contribution in [0, 0.1) is 0 Å². The van der Waals surface area contributed by atoms with Gasteiger partial charge in [-0.3, -0.25) is 0 Å². The van der Waals surface area contributed by atoms with Gasteiger partial charge < -0.3 is 9.64 Å². The van der Waals surface area contributed by atoms with Crippen molar-refractivity contribution in [3.8, 4) is 5.75 Å². The Kier molecular flexibility index (Phi) is 4.71. The maximum absolute atomic E-state index is 11.1. The molecule has 0 aliphatic carbocycles. The van der Waals surface area contributed by atoms with Gasteiger partial charge in [-0.1, -0.05) is 12.1 Å². The van der Waals surface area contributed by atoms with E-state index >= 15 is 0 Å². The van der Waals surface area contributed by atoms with Gasteiger partial charge in [0.1, 0.15) is 11.9 Å². The number of likely N-dealkylation sites (N-methyl/N-ethyl adjacent to an activating group) is 1. The highest BCUT2D eigenvalue weighted by Crippen LogP contribution is 2.20. The average Bonchev–Trinajstić information content (AvgIpc) is 2.27.